The molecule has 0 fully saturated rings. The highest BCUT2D eigenvalue weighted by Gasteiger charge is 2.32. The molecule has 1 heterocycles. The molecule has 2 rings (SSSR count). The van der Waals surface area contributed by atoms with E-state index in [2.05, 4.69) is 31.7 Å². The average Bonchev–Trinajstić information content (AvgIpc) is 2.50. The van der Waals surface area contributed by atoms with Gasteiger partial charge in [-0.1, -0.05) is 0 Å². The first-order valence-corrected chi connectivity index (χ1v) is 4.30. The Morgan fingerprint density at radius 3 is 2.57 bits per heavy atom. The van der Waals surface area contributed by atoms with Crippen molar-refractivity contribution in [2.45, 2.75) is 6.18 Å². The van der Waals surface area contributed by atoms with Gasteiger partial charge in [0, 0.05) is 4.47 Å². The van der Waals surface area contributed by atoms with E-state index in [0.29, 0.717) is 5.69 Å². The summed E-state index contributed by atoms with van der Waals surface area (Å²) >= 11 is 2.98. The van der Waals surface area contributed by atoms with Gasteiger partial charge in [-0.2, -0.15) is 13.2 Å². The van der Waals surface area contributed by atoms with Crippen LogP contribution in [0.2, 0.25) is 0 Å². The largest absolute Gasteiger partial charge is 0.416 e. The zero-order valence-corrected chi connectivity index (χ0v) is 8.09. The second-order valence-electron chi connectivity index (χ2n) is 2.61. The summed E-state index contributed by atoms with van der Waals surface area (Å²) in [5, 5.41) is 6.75. The van der Waals surface area contributed by atoms with Gasteiger partial charge in [-0.05, 0) is 33.3 Å². The van der Waals surface area contributed by atoms with Crippen LogP contribution in [-0.4, -0.2) is 0 Å². The van der Waals surface area contributed by atoms with E-state index < -0.39 is 11.7 Å². The zero-order valence-electron chi connectivity index (χ0n) is 6.51. The number of rotatable bonds is 0. The Bertz CT molecular complexity index is 413. The lowest BCUT2D eigenvalue weighted by atomic mass is 10.2. The Morgan fingerprint density at radius 1 is 1.21 bits per heavy atom. The molecule has 0 bridgehead atoms. The van der Waals surface area contributed by atoms with E-state index in [9.17, 15) is 13.2 Å². The number of halogens is 4. The lowest BCUT2D eigenvalue weighted by Crippen LogP contribution is -2.04. The van der Waals surface area contributed by atoms with E-state index in [0.717, 1.165) is 12.1 Å². The topological polar surface area (TPSA) is 38.8 Å². The van der Waals surface area contributed by atoms with Crippen molar-refractivity contribution in [3.8, 4) is 0 Å². The van der Waals surface area contributed by atoms with Crippen molar-refractivity contribution >= 4 is 27.3 Å². The number of benzene rings is 1. The van der Waals surface area contributed by atoms with E-state index in [1.165, 1.54) is 0 Å². The highest BCUT2D eigenvalue weighted by Crippen LogP contribution is 2.42. The van der Waals surface area contributed by atoms with Gasteiger partial charge in [0.05, 0.1) is 5.56 Å². The summed E-state index contributed by atoms with van der Waals surface area (Å²) in [6.45, 7) is 0. The van der Waals surface area contributed by atoms with Crippen molar-refractivity contribution in [3.63, 3.8) is 0 Å². The van der Waals surface area contributed by atoms with E-state index in [-0.39, 0.29) is 10.2 Å². The lowest BCUT2D eigenvalue weighted by Gasteiger charge is -2.07. The standard InChI is InChI=1S/C7H2BrF3N3/c8-4-1-3(7(9,10)11)2-5-6(4)13-14-12-5/h1-2H. The Morgan fingerprint density at radius 2 is 1.93 bits per heavy atom. The zero-order chi connectivity index (χ0) is 10.3. The molecule has 7 heteroatoms. The van der Waals surface area contributed by atoms with Crippen molar-refractivity contribution < 1.29 is 13.2 Å². The molecule has 1 aromatic carbocycles. The Labute approximate surface area is 85.1 Å². The molecule has 0 saturated carbocycles. The third-order valence-electron chi connectivity index (χ3n) is 1.67. The second-order valence-corrected chi connectivity index (χ2v) is 3.47. The van der Waals surface area contributed by atoms with Gasteiger partial charge in [-0.15, -0.1) is 10.5 Å². The van der Waals surface area contributed by atoms with Crippen molar-refractivity contribution in [1.82, 2.24) is 5.43 Å². The fourth-order valence-electron chi connectivity index (χ4n) is 1.04. The number of nitrogens with zero attached hydrogens (tertiary/aromatic N) is 3. The number of hydrogen-bond acceptors (Lipinski definition) is 2. The molecule has 0 atom stereocenters. The Kier molecular flexibility index (Phi) is 1.99. The molecule has 0 N–H and O–H groups in total. The summed E-state index contributed by atoms with van der Waals surface area (Å²) in [6.07, 6.45) is -4.38. The number of fused-ring (bicyclic) bond motifs is 1. The SMILES string of the molecule is FC(F)(F)c1cc(Br)c2c(c1)N=N[N]2. The first-order chi connectivity index (χ1) is 6.48. The monoisotopic (exact) mass is 264 g/mol. The molecule has 1 aliphatic rings. The molecule has 0 aliphatic carbocycles. The van der Waals surface area contributed by atoms with Crippen LogP contribution < -0.4 is 5.43 Å². The molecule has 0 aromatic heterocycles. The molecule has 0 amide bonds. The van der Waals surface area contributed by atoms with Crippen LogP contribution in [-0.2, 0) is 6.18 Å². The lowest BCUT2D eigenvalue weighted by molar-refractivity contribution is -0.137. The maximum atomic E-state index is 12.3. The minimum atomic E-state index is -4.38. The van der Waals surface area contributed by atoms with Crippen LogP contribution >= 0.6 is 15.9 Å². The summed E-state index contributed by atoms with van der Waals surface area (Å²) in [4.78, 5) is 0. The molecular formula is C7H2BrF3N3. The average molecular weight is 265 g/mol. The van der Waals surface area contributed by atoms with Crippen molar-refractivity contribution in [1.29, 1.82) is 0 Å². The maximum Gasteiger partial charge on any atom is 0.416 e. The second kappa shape index (κ2) is 2.94. The summed E-state index contributed by atoms with van der Waals surface area (Å²) in [5.41, 5.74) is 3.26. The van der Waals surface area contributed by atoms with E-state index >= 15 is 0 Å². The van der Waals surface area contributed by atoms with Gasteiger partial charge in [0.1, 0.15) is 11.4 Å². The van der Waals surface area contributed by atoms with E-state index in [4.69, 9.17) is 0 Å². The van der Waals surface area contributed by atoms with E-state index in [1.54, 1.807) is 0 Å². The van der Waals surface area contributed by atoms with E-state index in [1.807, 2.05) is 0 Å². The number of alkyl halides is 3. The molecule has 1 aromatic rings. The van der Waals surface area contributed by atoms with Crippen molar-refractivity contribution in [2.75, 3.05) is 0 Å². The van der Waals surface area contributed by atoms with Crippen molar-refractivity contribution in [3.05, 3.63) is 22.2 Å². The van der Waals surface area contributed by atoms with Crippen LogP contribution in [0.5, 0.6) is 0 Å². The number of hydrogen-bond donors (Lipinski definition) is 0. The molecule has 0 spiro atoms. The molecule has 1 aliphatic heterocycles. The Balaban J connectivity index is 2.57. The minimum absolute atomic E-state index is 0.131. The minimum Gasteiger partial charge on any atom is -0.166 e. The first-order valence-electron chi connectivity index (χ1n) is 3.51. The Hall–Kier alpha value is -1.11. The molecule has 0 saturated heterocycles. The van der Waals surface area contributed by atoms with Gasteiger partial charge in [0.25, 0.3) is 0 Å². The van der Waals surface area contributed by atoms with Crippen LogP contribution in [0.25, 0.3) is 0 Å². The first kappa shape index (κ1) is 9.45. The summed E-state index contributed by atoms with van der Waals surface area (Å²) < 4.78 is 37.2. The predicted octanol–water partition coefficient (Wildman–Crippen LogP) is 3.72. The maximum absolute atomic E-state index is 12.3. The molecule has 73 valence electrons. The van der Waals surface area contributed by atoms with Gasteiger partial charge < -0.3 is 0 Å². The van der Waals surface area contributed by atoms with Crippen LogP contribution in [0.3, 0.4) is 0 Å². The quantitative estimate of drug-likeness (QED) is 0.685. The summed E-state index contributed by atoms with van der Waals surface area (Å²) in [6, 6.07) is 1.87. The highest BCUT2D eigenvalue weighted by atomic mass is 79.9. The summed E-state index contributed by atoms with van der Waals surface area (Å²) in [5.74, 6) is 0. The molecule has 14 heavy (non-hydrogen) atoms. The third kappa shape index (κ3) is 1.47. The summed E-state index contributed by atoms with van der Waals surface area (Å²) in [7, 11) is 0. The van der Waals surface area contributed by atoms with Crippen molar-refractivity contribution in [2.24, 2.45) is 10.3 Å². The fraction of sp³-hybridized carbons (Fsp3) is 0.143. The van der Waals surface area contributed by atoms with Gasteiger partial charge in [0.2, 0.25) is 0 Å². The molecular weight excluding hydrogens is 263 g/mol. The van der Waals surface area contributed by atoms with Gasteiger partial charge in [-0.25, -0.2) is 0 Å². The van der Waals surface area contributed by atoms with Crippen LogP contribution in [0.4, 0.5) is 24.5 Å². The third-order valence-corrected chi connectivity index (χ3v) is 2.27. The molecule has 0 unspecified atom stereocenters. The normalized spacial score (nSPS) is 14.0. The fourth-order valence-corrected chi connectivity index (χ4v) is 1.57. The highest BCUT2D eigenvalue weighted by molar-refractivity contribution is 9.10. The van der Waals surface area contributed by atoms with Crippen LogP contribution in [0.15, 0.2) is 26.9 Å². The molecule has 3 nitrogen and oxygen atoms in total. The van der Waals surface area contributed by atoms with Crippen LogP contribution in [0.1, 0.15) is 5.56 Å². The van der Waals surface area contributed by atoms with Crippen LogP contribution in [0, 0.1) is 0 Å². The van der Waals surface area contributed by atoms with Gasteiger partial charge in [0.15, 0.2) is 0 Å². The smallest absolute Gasteiger partial charge is 0.166 e. The molecule has 1 radical (unpaired) electrons. The van der Waals surface area contributed by atoms with Gasteiger partial charge in [-0.3, -0.25) is 0 Å². The predicted molar refractivity (Wildman–Crippen MR) is 45.5 cm³/mol. The van der Waals surface area contributed by atoms with Gasteiger partial charge >= 0.3 is 6.18 Å².